The molecule has 0 atom stereocenters. The molecule has 0 radical (unpaired) electrons. The summed E-state index contributed by atoms with van der Waals surface area (Å²) in [7, 11) is -3.67. The largest absolute Gasteiger partial charge is 0.444 e. The molecule has 1 aromatic heterocycles. The zero-order valence-electron chi connectivity index (χ0n) is 14.6. The van der Waals surface area contributed by atoms with Crippen molar-refractivity contribution in [2.75, 3.05) is 4.72 Å². The number of hydrogen-bond donors (Lipinski definition) is 1. The highest BCUT2D eigenvalue weighted by molar-refractivity contribution is 7.92. The van der Waals surface area contributed by atoms with Crippen LogP contribution in [0.5, 0.6) is 0 Å². The first-order valence-corrected chi connectivity index (χ1v) is 9.37. The van der Waals surface area contributed by atoms with Gasteiger partial charge >= 0.3 is 0 Å². The molecule has 0 bridgehead atoms. The van der Waals surface area contributed by atoms with E-state index in [-0.39, 0.29) is 0 Å². The molecule has 25 heavy (non-hydrogen) atoms. The topological polar surface area (TPSA) is 72.2 Å². The minimum absolute atomic E-state index is 0.351. The molecule has 5 nitrogen and oxygen atoms in total. The number of nitrogens with one attached hydrogen (secondary N) is 1. The van der Waals surface area contributed by atoms with Crippen LogP contribution < -0.4 is 4.72 Å². The first kappa shape index (κ1) is 17.2. The normalized spacial score (nSPS) is 11.5. The molecule has 0 aliphatic heterocycles. The highest BCUT2D eigenvalue weighted by Gasteiger charge is 2.22. The number of aryl methyl sites for hydroxylation is 2. The first-order valence-electron chi connectivity index (χ1n) is 7.89. The molecule has 1 heterocycles. The lowest BCUT2D eigenvalue weighted by Gasteiger charge is -2.16. The number of aromatic nitrogens is 1. The highest BCUT2D eigenvalue weighted by atomic mass is 32.2. The number of hydrogen-bond acceptors (Lipinski definition) is 4. The van der Waals surface area contributed by atoms with E-state index in [9.17, 15) is 8.42 Å². The number of oxazole rings is 1. The van der Waals surface area contributed by atoms with Gasteiger partial charge in [-0.25, -0.2) is 13.4 Å². The van der Waals surface area contributed by atoms with Crippen LogP contribution in [0.1, 0.15) is 22.3 Å². The van der Waals surface area contributed by atoms with E-state index >= 15 is 0 Å². The van der Waals surface area contributed by atoms with Gasteiger partial charge in [0.05, 0.1) is 11.1 Å². The lowest BCUT2D eigenvalue weighted by molar-refractivity contribution is 0.572. The molecular weight excluding hydrogens is 336 g/mol. The monoisotopic (exact) mass is 356 g/mol. The molecule has 0 aliphatic rings. The van der Waals surface area contributed by atoms with Gasteiger partial charge in [-0.1, -0.05) is 6.07 Å². The third-order valence-electron chi connectivity index (χ3n) is 4.42. The van der Waals surface area contributed by atoms with Crippen LogP contribution in [0.4, 0.5) is 5.69 Å². The van der Waals surface area contributed by atoms with E-state index in [4.69, 9.17) is 4.42 Å². The number of rotatable bonds is 4. The van der Waals surface area contributed by atoms with Gasteiger partial charge in [0.2, 0.25) is 0 Å². The van der Waals surface area contributed by atoms with Crippen LogP contribution in [0.25, 0.3) is 11.3 Å². The van der Waals surface area contributed by atoms with E-state index in [0.717, 1.165) is 27.8 Å². The van der Waals surface area contributed by atoms with Crippen molar-refractivity contribution < 1.29 is 12.8 Å². The Kier molecular flexibility index (Phi) is 4.39. The van der Waals surface area contributed by atoms with Gasteiger partial charge < -0.3 is 4.42 Å². The molecule has 0 amide bonds. The summed E-state index contributed by atoms with van der Waals surface area (Å²) in [5, 5.41) is 0. The summed E-state index contributed by atoms with van der Waals surface area (Å²) in [6.45, 7) is 7.52. The minimum atomic E-state index is -3.67. The van der Waals surface area contributed by atoms with Gasteiger partial charge in [-0.2, -0.15) is 0 Å². The van der Waals surface area contributed by atoms with Crippen LogP contribution in [-0.2, 0) is 10.0 Å². The molecule has 3 rings (SSSR count). The maximum absolute atomic E-state index is 12.9. The van der Waals surface area contributed by atoms with Gasteiger partial charge in [-0.15, -0.1) is 0 Å². The second kappa shape index (κ2) is 6.37. The van der Waals surface area contributed by atoms with E-state index in [0.29, 0.717) is 16.3 Å². The van der Waals surface area contributed by atoms with E-state index in [1.165, 1.54) is 6.39 Å². The third-order valence-corrected chi connectivity index (χ3v) is 6.07. The average molecular weight is 356 g/mol. The van der Waals surface area contributed by atoms with Crippen LogP contribution in [0.3, 0.4) is 0 Å². The van der Waals surface area contributed by atoms with Gasteiger partial charge in [-0.3, -0.25) is 4.72 Å². The Morgan fingerprint density at radius 3 is 2.08 bits per heavy atom. The molecule has 130 valence electrons. The summed E-state index contributed by atoms with van der Waals surface area (Å²) in [5.74, 6) is 0.635. The summed E-state index contributed by atoms with van der Waals surface area (Å²) in [6, 6.07) is 9.01. The Morgan fingerprint density at radius 2 is 1.56 bits per heavy atom. The number of sulfonamides is 1. The van der Waals surface area contributed by atoms with E-state index in [1.807, 2.05) is 33.8 Å². The fourth-order valence-electron chi connectivity index (χ4n) is 2.85. The van der Waals surface area contributed by atoms with Crippen LogP contribution in [0, 0.1) is 27.7 Å². The highest BCUT2D eigenvalue weighted by Crippen LogP contribution is 2.28. The van der Waals surface area contributed by atoms with Crippen molar-refractivity contribution in [1.82, 2.24) is 4.98 Å². The second-order valence-corrected chi connectivity index (χ2v) is 7.76. The van der Waals surface area contributed by atoms with E-state index < -0.39 is 10.0 Å². The molecule has 0 saturated heterocycles. The van der Waals surface area contributed by atoms with Crippen LogP contribution >= 0.6 is 0 Å². The molecule has 0 spiro atoms. The smallest absolute Gasteiger partial charge is 0.262 e. The fraction of sp³-hybridized carbons (Fsp3) is 0.211. The summed E-state index contributed by atoms with van der Waals surface area (Å²) in [5.41, 5.74) is 4.80. The van der Waals surface area contributed by atoms with Crippen molar-refractivity contribution in [3.8, 4) is 11.3 Å². The summed E-state index contributed by atoms with van der Waals surface area (Å²) in [4.78, 5) is 4.23. The predicted molar refractivity (Wildman–Crippen MR) is 98.1 cm³/mol. The molecule has 0 aliphatic carbocycles. The van der Waals surface area contributed by atoms with Crippen molar-refractivity contribution in [3.05, 3.63) is 65.2 Å². The Morgan fingerprint density at radius 1 is 0.960 bits per heavy atom. The summed E-state index contributed by atoms with van der Waals surface area (Å²) < 4.78 is 33.8. The maximum Gasteiger partial charge on any atom is 0.262 e. The molecule has 1 N–H and O–H groups in total. The molecule has 6 heteroatoms. The Hall–Kier alpha value is -2.60. The number of benzene rings is 2. The van der Waals surface area contributed by atoms with Crippen molar-refractivity contribution in [2.24, 2.45) is 0 Å². The molecule has 0 saturated carbocycles. The zero-order valence-corrected chi connectivity index (χ0v) is 15.4. The van der Waals surface area contributed by atoms with E-state index in [1.54, 1.807) is 30.5 Å². The average Bonchev–Trinajstić information content (AvgIpc) is 3.08. The van der Waals surface area contributed by atoms with Gasteiger partial charge in [0.1, 0.15) is 0 Å². The standard InChI is InChI=1S/C19H20N2O3S/c1-12-9-13(2)15(4)19(14(12)3)25(22,23)21-17-7-5-16(6-8-17)18-10-20-11-24-18/h5-11,21H,1-4H3. The quantitative estimate of drug-likeness (QED) is 0.753. The van der Waals surface area contributed by atoms with Crippen molar-refractivity contribution in [1.29, 1.82) is 0 Å². The molecule has 0 unspecified atom stereocenters. The fourth-order valence-corrected chi connectivity index (χ4v) is 4.53. The number of anilines is 1. The zero-order chi connectivity index (χ0) is 18.2. The molecule has 2 aromatic carbocycles. The first-order chi connectivity index (χ1) is 11.8. The second-order valence-electron chi connectivity index (χ2n) is 6.14. The van der Waals surface area contributed by atoms with Crippen molar-refractivity contribution >= 4 is 15.7 Å². The molecule has 0 fully saturated rings. The Labute approximate surface area is 147 Å². The third kappa shape index (κ3) is 3.30. The molecular formula is C19H20N2O3S. The van der Waals surface area contributed by atoms with E-state index in [2.05, 4.69) is 9.71 Å². The van der Waals surface area contributed by atoms with Crippen molar-refractivity contribution in [3.63, 3.8) is 0 Å². The SMILES string of the molecule is Cc1cc(C)c(C)c(S(=O)(=O)Nc2ccc(-c3cnco3)cc2)c1C. The van der Waals surface area contributed by atoms with Gasteiger partial charge in [0.15, 0.2) is 12.2 Å². The lowest BCUT2D eigenvalue weighted by Crippen LogP contribution is -2.17. The Bertz CT molecular complexity index is 980. The van der Waals surface area contributed by atoms with Gasteiger partial charge in [0, 0.05) is 11.3 Å². The van der Waals surface area contributed by atoms with Gasteiger partial charge in [-0.05, 0) is 74.2 Å². The van der Waals surface area contributed by atoms with Crippen molar-refractivity contribution in [2.45, 2.75) is 32.6 Å². The summed E-state index contributed by atoms with van der Waals surface area (Å²) >= 11 is 0. The van der Waals surface area contributed by atoms with Crippen LogP contribution in [0.2, 0.25) is 0 Å². The maximum atomic E-state index is 12.9. The minimum Gasteiger partial charge on any atom is -0.444 e. The summed E-state index contributed by atoms with van der Waals surface area (Å²) in [6.07, 6.45) is 2.97. The van der Waals surface area contributed by atoms with Crippen LogP contribution in [0.15, 0.2) is 52.2 Å². The predicted octanol–water partition coefficient (Wildman–Crippen LogP) is 4.38. The Balaban J connectivity index is 1.95. The number of nitrogens with zero attached hydrogens (tertiary/aromatic N) is 1. The molecule has 3 aromatic rings. The lowest BCUT2D eigenvalue weighted by atomic mass is 10.0. The van der Waals surface area contributed by atoms with Gasteiger partial charge in [0.25, 0.3) is 10.0 Å². The van der Waals surface area contributed by atoms with Crippen LogP contribution in [-0.4, -0.2) is 13.4 Å².